The van der Waals surface area contributed by atoms with Crippen LogP contribution in [0.15, 0.2) is 42.5 Å². The van der Waals surface area contributed by atoms with Gasteiger partial charge in [-0.3, -0.25) is 0 Å². The Labute approximate surface area is 114 Å². The molecule has 2 rings (SSSR count). The van der Waals surface area contributed by atoms with Gasteiger partial charge in [0.2, 0.25) is 0 Å². The number of hydrogen-bond acceptors (Lipinski definition) is 3. The quantitative estimate of drug-likeness (QED) is 0.911. The number of anilines is 1. The van der Waals surface area contributed by atoms with E-state index in [0.717, 1.165) is 17.0 Å². The summed E-state index contributed by atoms with van der Waals surface area (Å²) in [7, 11) is 3.63. The van der Waals surface area contributed by atoms with Crippen LogP contribution in [-0.2, 0) is 6.54 Å². The highest BCUT2D eigenvalue weighted by molar-refractivity contribution is 5.50. The van der Waals surface area contributed by atoms with Crippen LogP contribution in [0.2, 0.25) is 0 Å². The Morgan fingerprint density at radius 3 is 2.63 bits per heavy atom. The van der Waals surface area contributed by atoms with E-state index in [0.29, 0.717) is 12.3 Å². The monoisotopic (exact) mass is 257 g/mol. The summed E-state index contributed by atoms with van der Waals surface area (Å²) < 4.78 is 5.19. The van der Waals surface area contributed by atoms with Crippen molar-refractivity contribution in [2.24, 2.45) is 0 Å². The lowest BCUT2D eigenvalue weighted by Crippen LogP contribution is -2.16. The zero-order valence-electron chi connectivity index (χ0n) is 11.6. The first-order valence-corrected chi connectivity index (χ1v) is 6.24. The number of phenols is 1. The molecule has 0 amide bonds. The van der Waals surface area contributed by atoms with Crippen molar-refractivity contribution in [1.29, 1.82) is 0 Å². The summed E-state index contributed by atoms with van der Waals surface area (Å²) in [6.07, 6.45) is 0. The first-order valence-electron chi connectivity index (χ1n) is 6.24. The number of aryl methyl sites for hydroxylation is 1. The van der Waals surface area contributed by atoms with Crippen molar-refractivity contribution in [2.45, 2.75) is 13.5 Å². The summed E-state index contributed by atoms with van der Waals surface area (Å²) in [5.41, 5.74) is 3.20. The van der Waals surface area contributed by atoms with Crippen LogP contribution < -0.4 is 9.64 Å². The maximum atomic E-state index is 9.90. The van der Waals surface area contributed by atoms with Gasteiger partial charge >= 0.3 is 0 Å². The largest absolute Gasteiger partial charge is 0.508 e. The molecule has 0 unspecified atom stereocenters. The van der Waals surface area contributed by atoms with Crippen LogP contribution >= 0.6 is 0 Å². The molecular weight excluding hydrogens is 238 g/mol. The Kier molecular flexibility index (Phi) is 3.95. The van der Waals surface area contributed by atoms with E-state index in [4.69, 9.17) is 4.74 Å². The number of ether oxygens (including phenoxy) is 1. The van der Waals surface area contributed by atoms with E-state index in [1.807, 2.05) is 19.2 Å². The summed E-state index contributed by atoms with van der Waals surface area (Å²) in [4.78, 5) is 2.10. The normalized spacial score (nSPS) is 10.3. The van der Waals surface area contributed by atoms with Gasteiger partial charge in [0.1, 0.15) is 11.5 Å². The lowest BCUT2D eigenvalue weighted by molar-refractivity contribution is 0.410. The van der Waals surface area contributed by atoms with E-state index in [1.165, 1.54) is 5.56 Å². The van der Waals surface area contributed by atoms with Crippen molar-refractivity contribution in [3.63, 3.8) is 0 Å². The van der Waals surface area contributed by atoms with E-state index >= 15 is 0 Å². The standard InChI is InChI=1S/C16H19NO2/c1-12-5-4-6-14(9-12)17(2)11-13-10-15(19-3)7-8-16(13)18/h4-10,18H,11H2,1-3H3. The second-order valence-electron chi connectivity index (χ2n) is 4.69. The molecule has 100 valence electrons. The lowest BCUT2D eigenvalue weighted by Gasteiger charge is -2.20. The molecule has 0 aliphatic rings. The van der Waals surface area contributed by atoms with Gasteiger partial charge in [0.15, 0.2) is 0 Å². The molecular formula is C16H19NO2. The second kappa shape index (κ2) is 5.65. The van der Waals surface area contributed by atoms with Gasteiger partial charge in [-0.05, 0) is 42.8 Å². The van der Waals surface area contributed by atoms with Gasteiger partial charge < -0.3 is 14.7 Å². The minimum absolute atomic E-state index is 0.292. The summed E-state index contributed by atoms with van der Waals surface area (Å²) in [5, 5.41) is 9.90. The Morgan fingerprint density at radius 2 is 1.95 bits per heavy atom. The number of hydrogen-bond donors (Lipinski definition) is 1. The Morgan fingerprint density at radius 1 is 1.16 bits per heavy atom. The van der Waals surface area contributed by atoms with Crippen molar-refractivity contribution in [1.82, 2.24) is 0 Å². The molecule has 0 aliphatic carbocycles. The predicted molar refractivity (Wildman–Crippen MR) is 77.9 cm³/mol. The second-order valence-corrected chi connectivity index (χ2v) is 4.69. The van der Waals surface area contributed by atoms with Gasteiger partial charge in [-0.15, -0.1) is 0 Å². The highest BCUT2D eigenvalue weighted by Crippen LogP contribution is 2.25. The summed E-state index contributed by atoms with van der Waals surface area (Å²) >= 11 is 0. The van der Waals surface area contributed by atoms with Crippen LogP contribution in [-0.4, -0.2) is 19.3 Å². The molecule has 0 aliphatic heterocycles. The Hall–Kier alpha value is -2.16. The molecule has 0 spiro atoms. The maximum absolute atomic E-state index is 9.90. The average Bonchev–Trinajstić information content (AvgIpc) is 2.41. The third-order valence-electron chi connectivity index (χ3n) is 3.14. The Balaban J connectivity index is 2.21. The van der Waals surface area contributed by atoms with Gasteiger partial charge in [-0.1, -0.05) is 12.1 Å². The van der Waals surface area contributed by atoms with Crippen LogP contribution in [0.4, 0.5) is 5.69 Å². The lowest BCUT2D eigenvalue weighted by atomic mass is 10.1. The molecule has 3 heteroatoms. The number of aromatic hydroxyl groups is 1. The molecule has 0 bridgehead atoms. The third-order valence-corrected chi connectivity index (χ3v) is 3.14. The van der Waals surface area contributed by atoms with Crippen molar-refractivity contribution in [3.8, 4) is 11.5 Å². The minimum atomic E-state index is 0.292. The SMILES string of the molecule is COc1ccc(O)c(CN(C)c2cccc(C)c2)c1. The van der Waals surface area contributed by atoms with Gasteiger partial charge in [0.25, 0.3) is 0 Å². The zero-order valence-corrected chi connectivity index (χ0v) is 11.6. The van der Waals surface area contributed by atoms with Gasteiger partial charge in [-0.2, -0.15) is 0 Å². The van der Waals surface area contributed by atoms with Gasteiger partial charge in [0.05, 0.1) is 7.11 Å². The maximum Gasteiger partial charge on any atom is 0.120 e. The molecule has 0 saturated carbocycles. The average molecular weight is 257 g/mol. The summed E-state index contributed by atoms with van der Waals surface area (Å²) in [5.74, 6) is 1.05. The van der Waals surface area contributed by atoms with Crippen LogP contribution in [0.3, 0.4) is 0 Å². The number of benzene rings is 2. The number of rotatable bonds is 4. The number of phenolic OH excluding ortho intramolecular Hbond substituents is 1. The molecule has 19 heavy (non-hydrogen) atoms. The molecule has 1 N–H and O–H groups in total. The Bertz CT molecular complexity index is 566. The first kappa shape index (κ1) is 13.3. The van der Waals surface area contributed by atoms with Crippen LogP contribution in [0.1, 0.15) is 11.1 Å². The molecule has 2 aromatic carbocycles. The first-order chi connectivity index (χ1) is 9.10. The molecule has 0 fully saturated rings. The number of nitrogens with zero attached hydrogens (tertiary/aromatic N) is 1. The molecule has 0 radical (unpaired) electrons. The van der Waals surface area contributed by atoms with E-state index in [2.05, 4.69) is 30.0 Å². The van der Waals surface area contributed by atoms with Crippen molar-refractivity contribution < 1.29 is 9.84 Å². The molecule has 0 aromatic heterocycles. The molecule has 3 nitrogen and oxygen atoms in total. The number of methoxy groups -OCH3 is 1. The van der Waals surface area contributed by atoms with E-state index in [1.54, 1.807) is 19.2 Å². The molecule has 0 heterocycles. The van der Waals surface area contributed by atoms with E-state index in [9.17, 15) is 5.11 Å². The van der Waals surface area contributed by atoms with Crippen molar-refractivity contribution in [2.75, 3.05) is 19.1 Å². The van der Waals surface area contributed by atoms with Gasteiger partial charge in [0, 0.05) is 24.8 Å². The van der Waals surface area contributed by atoms with Crippen molar-refractivity contribution >= 4 is 5.69 Å². The van der Waals surface area contributed by atoms with Gasteiger partial charge in [-0.25, -0.2) is 0 Å². The fourth-order valence-corrected chi connectivity index (χ4v) is 2.03. The smallest absolute Gasteiger partial charge is 0.120 e. The minimum Gasteiger partial charge on any atom is -0.508 e. The zero-order chi connectivity index (χ0) is 13.8. The fraction of sp³-hybridized carbons (Fsp3) is 0.250. The van der Waals surface area contributed by atoms with Crippen LogP contribution in [0, 0.1) is 6.92 Å². The fourth-order valence-electron chi connectivity index (χ4n) is 2.03. The highest BCUT2D eigenvalue weighted by Gasteiger charge is 2.07. The van der Waals surface area contributed by atoms with E-state index in [-0.39, 0.29) is 0 Å². The topological polar surface area (TPSA) is 32.7 Å². The molecule has 0 atom stereocenters. The molecule has 2 aromatic rings. The highest BCUT2D eigenvalue weighted by atomic mass is 16.5. The third kappa shape index (κ3) is 3.19. The van der Waals surface area contributed by atoms with Crippen LogP contribution in [0.25, 0.3) is 0 Å². The van der Waals surface area contributed by atoms with Crippen molar-refractivity contribution in [3.05, 3.63) is 53.6 Å². The predicted octanol–water partition coefficient (Wildman–Crippen LogP) is 3.35. The summed E-state index contributed by atoms with van der Waals surface area (Å²) in [6.45, 7) is 2.70. The summed E-state index contributed by atoms with van der Waals surface area (Å²) in [6, 6.07) is 13.6. The van der Waals surface area contributed by atoms with E-state index < -0.39 is 0 Å². The molecule has 0 saturated heterocycles. The van der Waals surface area contributed by atoms with Crippen LogP contribution in [0.5, 0.6) is 11.5 Å².